The van der Waals surface area contributed by atoms with Crippen molar-refractivity contribution in [3.63, 3.8) is 0 Å². The van der Waals surface area contributed by atoms with Gasteiger partial charge in [-0.1, -0.05) is 24.3 Å². The van der Waals surface area contributed by atoms with Gasteiger partial charge in [0.15, 0.2) is 0 Å². The van der Waals surface area contributed by atoms with E-state index in [-0.39, 0.29) is 23.3 Å². The molecule has 2 aromatic carbocycles. The van der Waals surface area contributed by atoms with Crippen molar-refractivity contribution in [2.75, 3.05) is 13.7 Å². The summed E-state index contributed by atoms with van der Waals surface area (Å²) in [4.78, 5) is 23.8. The van der Waals surface area contributed by atoms with Crippen LogP contribution in [-0.4, -0.2) is 30.6 Å². The number of fused-ring (bicyclic) bond motifs is 1. The minimum atomic E-state index is -1.14. The van der Waals surface area contributed by atoms with Gasteiger partial charge in [0.25, 0.3) is 5.91 Å². The van der Waals surface area contributed by atoms with Crippen LogP contribution in [0.3, 0.4) is 0 Å². The molecular weight excluding hydrogens is 322 g/mol. The number of hydrogen-bond acceptors (Lipinski definition) is 4. The lowest BCUT2D eigenvalue weighted by Crippen LogP contribution is -2.29. The number of methoxy groups -OCH3 is 1. The van der Waals surface area contributed by atoms with Crippen molar-refractivity contribution in [2.45, 2.75) is 19.6 Å². The summed E-state index contributed by atoms with van der Waals surface area (Å²) in [5.41, 5.74) is 3.10. The minimum Gasteiger partial charge on any atom is -0.496 e. The summed E-state index contributed by atoms with van der Waals surface area (Å²) >= 11 is 0. The molecule has 0 aromatic heterocycles. The predicted molar refractivity (Wildman–Crippen MR) is 91.0 cm³/mol. The highest BCUT2D eigenvalue weighted by Crippen LogP contribution is 2.30. The van der Waals surface area contributed by atoms with Crippen LogP contribution < -0.4 is 10.1 Å². The second kappa shape index (κ2) is 6.94. The van der Waals surface area contributed by atoms with Crippen molar-refractivity contribution >= 4 is 11.9 Å². The fourth-order valence-corrected chi connectivity index (χ4v) is 2.97. The van der Waals surface area contributed by atoms with E-state index in [4.69, 9.17) is 9.47 Å². The number of carboxylic acids is 1. The highest BCUT2D eigenvalue weighted by Gasteiger charge is 2.24. The number of hydrogen-bond donors (Lipinski definition) is 2. The van der Waals surface area contributed by atoms with E-state index in [1.807, 2.05) is 24.3 Å². The Bertz CT molecular complexity index is 831. The number of rotatable bonds is 5. The maximum atomic E-state index is 12.5. The zero-order chi connectivity index (χ0) is 18.0. The molecule has 0 saturated carbocycles. The van der Waals surface area contributed by atoms with E-state index in [9.17, 15) is 14.7 Å². The lowest BCUT2D eigenvalue weighted by atomic mass is 10.0. The van der Waals surface area contributed by atoms with E-state index < -0.39 is 5.97 Å². The summed E-state index contributed by atoms with van der Waals surface area (Å²) in [5.74, 6) is -1.25. The molecule has 0 spiro atoms. The van der Waals surface area contributed by atoms with Crippen LogP contribution in [0, 0.1) is 6.92 Å². The summed E-state index contributed by atoms with van der Waals surface area (Å²) in [6, 6.07) is 10.8. The number of carbonyl (C=O) groups is 2. The van der Waals surface area contributed by atoms with Crippen molar-refractivity contribution in [2.24, 2.45) is 0 Å². The van der Waals surface area contributed by atoms with Crippen molar-refractivity contribution in [1.29, 1.82) is 0 Å². The molecular formula is C19H19NO5. The van der Waals surface area contributed by atoms with Gasteiger partial charge in [-0.3, -0.25) is 4.79 Å². The van der Waals surface area contributed by atoms with E-state index in [1.165, 1.54) is 13.2 Å². The van der Waals surface area contributed by atoms with Gasteiger partial charge in [0.2, 0.25) is 0 Å². The lowest BCUT2D eigenvalue weighted by Gasteiger charge is -2.15. The highest BCUT2D eigenvalue weighted by molar-refractivity contribution is 6.00. The third-order valence-corrected chi connectivity index (χ3v) is 4.31. The van der Waals surface area contributed by atoms with Gasteiger partial charge in [0.1, 0.15) is 17.4 Å². The quantitative estimate of drug-likeness (QED) is 0.873. The normalized spacial score (nSPS) is 15.5. The molecule has 2 aromatic rings. The van der Waals surface area contributed by atoms with Gasteiger partial charge >= 0.3 is 5.97 Å². The van der Waals surface area contributed by atoms with Crippen molar-refractivity contribution in [1.82, 2.24) is 5.32 Å². The minimum absolute atomic E-state index is 0.0410. The topological polar surface area (TPSA) is 84.9 Å². The number of nitrogens with one attached hydrogen (secondary N) is 1. The Morgan fingerprint density at radius 2 is 2.04 bits per heavy atom. The number of ether oxygens (including phenoxy) is 2. The molecule has 1 aliphatic heterocycles. The predicted octanol–water partition coefficient (Wildman–Crippen LogP) is 2.70. The number of aromatic carboxylic acids is 1. The summed E-state index contributed by atoms with van der Waals surface area (Å²) in [6.45, 7) is 2.59. The molecule has 0 radical (unpaired) electrons. The molecule has 6 heteroatoms. The van der Waals surface area contributed by atoms with Gasteiger partial charge in [-0.2, -0.15) is 0 Å². The fourth-order valence-electron chi connectivity index (χ4n) is 2.97. The van der Waals surface area contributed by atoms with Crippen LogP contribution in [0.15, 0.2) is 36.4 Å². The first-order valence-corrected chi connectivity index (χ1v) is 7.90. The Kier molecular flexibility index (Phi) is 4.72. The zero-order valence-corrected chi connectivity index (χ0v) is 14.0. The maximum Gasteiger partial charge on any atom is 0.339 e. The molecule has 3 rings (SSSR count). The molecule has 0 aliphatic carbocycles. The molecule has 2 N–H and O–H groups in total. The molecule has 25 heavy (non-hydrogen) atoms. The van der Waals surface area contributed by atoms with Crippen LogP contribution in [0.5, 0.6) is 5.75 Å². The molecule has 130 valence electrons. The summed E-state index contributed by atoms with van der Waals surface area (Å²) in [5, 5.41) is 12.1. The van der Waals surface area contributed by atoms with Crippen LogP contribution in [0.1, 0.15) is 43.5 Å². The van der Waals surface area contributed by atoms with Crippen LogP contribution in [0.2, 0.25) is 0 Å². The van der Waals surface area contributed by atoms with E-state index in [0.29, 0.717) is 24.3 Å². The second-order valence-corrected chi connectivity index (χ2v) is 5.88. The molecule has 0 fully saturated rings. The standard InChI is InChI=1S/C19H19NO5/c1-11-7-16(24-2)15(19(22)23)8-14(11)18(21)20-9-17-13-6-4-3-5-12(13)10-25-17/h3-8,17H,9-10H2,1-2H3,(H,20,21)(H,22,23). The van der Waals surface area contributed by atoms with Crippen LogP contribution >= 0.6 is 0 Å². The Morgan fingerprint density at radius 3 is 2.76 bits per heavy atom. The van der Waals surface area contributed by atoms with E-state index in [1.54, 1.807) is 13.0 Å². The smallest absolute Gasteiger partial charge is 0.339 e. The molecule has 1 aliphatic rings. The van der Waals surface area contributed by atoms with E-state index in [2.05, 4.69) is 5.32 Å². The first-order valence-electron chi connectivity index (χ1n) is 7.90. The Morgan fingerprint density at radius 1 is 1.28 bits per heavy atom. The molecule has 1 amide bonds. The molecule has 1 heterocycles. The number of aryl methyl sites for hydroxylation is 1. The summed E-state index contributed by atoms with van der Waals surface area (Å²) < 4.78 is 10.8. The zero-order valence-electron chi connectivity index (χ0n) is 14.0. The molecule has 1 unspecified atom stereocenters. The van der Waals surface area contributed by atoms with E-state index in [0.717, 1.165) is 11.1 Å². The Hall–Kier alpha value is -2.86. The summed E-state index contributed by atoms with van der Waals surface area (Å²) in [6.07, 6.45) is -0.197. The van der Waals surface area contributed by atoms with Gasteiger partial charge < -0.3 is 19.9 Å². The van der Waals surface area contributed by atoms with Crippen LogP contribution in [-0.2, 0) is 11.3 Å². The second-order valence-electron chi connectivity index (χ2n) is 5.88. The Labute approximate surface area is 145 Å². The lowest BCUT2D eigenvalue weighted by molar-refractivity contribution is 0.0617. The van der Waals surface area contributed by atoms with Gasteiger partial charge in [-0.15, -0.1) is 0 Å². The van der Waals surface area contributed by atoms with Gasteiger partial charge in [0.05, 0.1) is 13.7 Å². The third-order valence-electron chi connectivity index (χ3n) is 4.31. The Balaban J connectivity index is 1.76. The van der Waals surface area contributed by atoms with Crippen molar-refractivity contribution < 1.29 is 24.2 Å². The fraction of sp³-hybridized carbons (Fsp3) is 0.263. The third kappa shape index (κ3) is 3.34. The SMILES string of the molecule is COc1cc(C)c(C(=O)NCC2OCc3ccccc32)cc1C(=O)O. The van der Waals surface area contributed by atoms with Gasteiger partial charge in [-0.05, 0) is 35.7 Å². The average molecular weight is 341 g/mol. The van der Waals surface area contributed by atoms with Gasteiger partial charge in [-0.25, -0.2) is 4.79 Å². The van der Waals surface area contributed by atoms with Crippen LogP contribution in [0.4, 0.5) is 0 Å². The molecule has 0 saturated heterocycles. The number of carboxylic acid groups (broad SMARTS) is 1. The molecule has 1 atom stereocenters. The molecule has 6 nitrogen and oxygen atoms in total. The summed E-state index contributed by atoms with van der Waals surface area (Å²) in [7, 11) is 1.40. The number of amides is 1. The average Bonchev–Trinajstić information content (AvgIpc) is 3.02. The largest absolute Gasteiger partial charge is 0.496 e. The number of carbonyl (C=O) groups excluding carboxylic acids is 1. The number of benzene rings is 2. The van der Waals surface area contributed by atoms with Crippen molar-refractivity contribution in [3.05, 3.63) is 64.2 Å². The maximum absolute atomic E-state index is 12.5. The monoisotopic (exact) mass is 341 g/mol. The van der Waals surface area contributed by atoms with Gasteiger partial charge in [0, 0.05) is 12.1 Å². The highest BCUT2D eigenvalue weighted by atomic mass is 16.5. The van der Waals surface area contributed by atoms with E-state index >= 15 is 0 Å². The van der Waals surface area contributed by atoms with Crippen LogP contribution in [0.25, 0.3) is 0 Å². The van der Waals surface area contributed by atoms with Crippen molar-refractivity contribution in [3.8, 4) is 5.75 Å². The first kappa shape index (κ1) is 17.0. The first-order chi connectivity index (χ1) is 12.0. The molecule has 0 bridgehead atoms.